The van der Waals surface area contributed by atoms with Crippen LogP contribution in [0.2, 0.25) is 0 Å². The second-order valence-corrected chi connectivity index (χ2v) is 4.47. The quantitative estimate of drug-likeness (QED) is 0.627. The molecule has 1 aliphatic heterocycles. The van der Waals surface area contributed by atoms with E-state index in [0.29, 0.717) is 25.3 Å². The zero-order chi connectivity index (χ0) is 12.5. The lowest BCUT2D eigenvalue weighted by Gasteiger charge is -2.07. The van der Waals surface area contributed by atoms with Gasteiger partial charge >= 0.3 is 5.97 Å². The molecule has 1 atom stereocenters. The van der Waals surface area contributed by atoms with Gasteiger partial charge in [-0.3, -0.25) is 9.59 Å². The van der Waals surface area contributed by atoms with Gasteiger partial charge < -0.3 is 15.2 Å². The Morgan fingerprint density at radius 1 is 1.29 bits per heavy atom. The number of hydrogen-bond acceptors (Lipinski definition) is 3. The molecule has 17 heavy (non-hydrogen) atoms. The first-order chi connectivity index (χ1) is 8.18. The molecule has 5 heteroatoms. The van der Waals surface area contributed by atoms with Gasteiger partial charge in [0.25, 0.3) is 0 Å². The number of carbonyl (C=O) groups is 2. The molecule has 5 nitrogen and oxygen atoms in total. The van der Waals surface area contributed by atoms with E-state index >= 15 is 0 Å². The zero-order valence-corrected chi connectivity index (χ0v) is 10.1. The van der Waals surface area contributed by atoms with Gasteiger partial charge in [0.1, 0.15) is 0 Å². The Kier molecular flexibility index (Phi) is 6.62. The molecule has 1 aliphatic rings. The molecule has 98 valence electrons. The number of ether oxygens (including phenoxy) is 1. The SMILES string of the molecule is O=C(O)CCCCNC(=O)CCC1CCOC1. The normalized spacial score (nSPS) is 19.2. The molecule has 0 aromatic heterocycles. The Hall–Kier alpha value is -1.10. The van der Waals surface area contributed by atoms with Crippen molar-refractivity contribution in [3.63, 3.8) is 0 Å². The number of carboxylic acid groups (broad SMARTS) is 1. The van der Waals surface area contributed by atoms with Crippen molar-refractivity contribution in [2.75, 3.05) is 19.8 Å². The number of amides is 1. The van der Waals surface area contributed by atoms with E-state index in [1.807, 2.05) is 0 Å². The van der Waals surface area contributed by atoms with Crippen LogP contribution in [0.4, 0.5) is 0 Å². The summed E-state index contributed by atoms with van der Waals surface area (Å²) >= 11 is 0. The van der Waals surface area contributed by atoms with Crippen LogP contribution in [-0.4, -0.2) is 36.7 Å². The van der Waals surface area contributed by atoms with E-state index in [4.69, 9.17) is 9.84 Å². The fourth-order valence-corrected chi connectivity index (χ4v) is 1.86. The molecule has 1 fully saturated rings. The van der Waals surface area contributed by atoms with Gasteiger partial charge in [0.2, 0.25) is 5.91 Å². The summed E-state index contributed by atoms with van der Waals surface area (Å²) in [7, 11) is 0. The smallest absolute Gasteiger partial charge is 0.303 e. The molecule has 2 N–H and O–H groups in total. The van der Waals surface area contributed by atoms with Crippen molar-refractivity contribution in [3.05, 3.63) is 0 Å². The van der Waals surface area contributed by atoms with Gasteiger partial charge in [-0.25, -0.2) is 0 Å². The van der Waals surface area contributed by atoms with E-state index < -0.39 is 5.97 Å². The number of carboxylic acids is 1. The fourth-order valence-electron chi connectivity index (χ4n) is 1.86. The Morgan fingerprint density at radius 2 is 2.12 bits per heavy atom. The summed E-state index contributed by atoms with van der Waals surface area (Å²) in [6.07, 6.45) is 4.02. The van der Waals surface area contributed by atoms with Crippen LogP contribution in [0.5, 0.6) is 0 Å². The van der Waals surface area contributed by atoms with Crippen LogP contribution in [0.25, 0.3) is 0 Å². The number of aliphatic carboxylic acids is 1. The third-order valence-corrected chi connectivity index (χ3v) is 2.94. The first-order valence-electron chi connectivity index (χ1n) is 6.24. The fraction of sp³-hybridized carbons (Fsp3) is 0.833. The lowest BCUT2D eigenvalue weighted by Crippen LogP contribution is -2.24. The maximum absolute atomic E-state index is 11.4. The largest absolute Gasteiger partial charge is 0.481 e. The van der Waals surface area contributed by atoms with E-state index in [9.17, 15) is 9.59 Å². The second kappa shape index (κ2) is 8.06. The lowest BCUT2D eigenvalue weighted by molar-refractivity contribution is -0.137. The molecular weight excluding hydrogens is 222 g/mol. The van der Waals surface area contributed by atoms with Gasteiger partial charge in [0.05, 0.1) is 0 Å². The third-order valence-electron chi connectivity index (χ3n) is 2.94. The van der Waals surface area contributed by atoms with E-state index in [1.165, 1.54) is 0 Å². The van der Waals surface area contributed by atoms with Crippen LogP contribution in [-0.2, 0) is 14.3 Å². The predicted molar refractivity (Wildman–Crippen MR) is 62.7 cm³/mol. The van der Waals surface area contributed by atoms with Crippen molar-refractivity contribution >= 4 is 11.9 Å². The molecule has 1 rings (SSSR count). The molecule has 0 bridgehead atoms. The van der Waals surface area contributed by atoms with Crippen LogP contribution in [0.3, 0.4) is 0 Å². The molecule has 1 amide bonds. The van der Waals surface area contributed by atoms with Crippen LogP contribution in [0.1, 0.15) is 38.5 Å². The topological polar surface area (TPSA) is 75.6 Å². The van der Waals surface area contributed by atoms with Crippen molar-refractivity contribution < 1.29 is 19.4 Å². The number of unbranched alkanes of at least 4 members (excludes halogenated alkanes) is 1. The van der Waals surface area contributed by atoms with Crippen LogP contribution in [0, 0.1) is 5.92 Å². The number of nitrogens with one attached hydrogen (secondary N) is 1. The maximum Gasteiger partial charge on any atom is 0.303 e. The van der Waals surface area contributed by atoms with Gasteiger partial charge in [0.15, 0.2) is 0 Å². The van der Waals surface area contributed by atoms with Crippen molar-refractivity contribution in [3.8, 4) is 0 Å². The Labute approximate surface area is 102 Å². The molecule has 0 radical (unpaired) electrons. The summed E-state index contributed by atoms with van der Waals surface area (Å²) in [5.41, 5.74) is 0. The standard InChI is InChI=1S/C12H21NO4/c14-11(5-4-10-6-8-17-9-10)13-7-2-1-3-12(15)16/h10H,1-9H2,(H,13,14)(H,15,16). The molecule has 0 spiro atoms. The maximum atomic E-state index is 11.4. The second-order valence-electron chi connectivity index (χ2n) is 4.47. The zero-order valence-electron chi connectivity index (χ0n) is 10.1. The summed E-state index contributed by atoms with van der Waals surface area (Å²) in [4.78, 5) is 21.7. The van der Waals surface area contributed by atoms with E-state index in [2.05, 4.69) is 5.32 Å². The average molecular weight is 243 g/mol. The molecule has 0 aliphatic carbocycles. The van der Waals surface area contributed by atoms with Gasteiger partial charge in [-0.05, 0) is 31.6 Å². The van der Waals surface area contributed by atoms with E-state index in [0.717, 1.165) is 32.5 Å². The molecule has 0 aromatic rings. The summed E-state index contributed by atoms with van der Waals surface area (Å²) in [5.74, 6) is -0.183. The summed E-state index contributed by atoms with van der Waals surface area (Å²) < 4.78 is 5.24. The van der Waals surface area contributed by atoms with Crippen LogP contribution >= 0.6 is 0 Å². The van der Waals surface area contributed by atoms with Crippen molar-refractivity contribution in [2.24, 2.45) is 5.92 Å². The third kappa shape index (κ3) is 6.94. The molecule has 1 unspecified atom stereocenters. The van der Waals surface area contributed by atoms with Crippen molar-refractivity contribution in [1.29, 1.82) is 0 Å². The average Bonchev–Trinajstić information content (AvgIpc) is 2.78. The monoisotopic (exact) mass is 243 g/mol. The Balaban J connectivity index is 1.92. The number of rotatable bonds is 8. The molecule has 1 saturated heterocycles. The molecule has 0 saturated carbocycles. The Morgan fingerprint density at radius 3 is 2.76 bits per heavy atom. The highest BCUT2D eigenvalue weighted by atomic mass is 16.5. The number of carbonyl (C=O) groups excluding carboxylic acids is 1. The molecule has 0 aromatic carbocycles. The molecular formula is C12H21NO4. The van der Waals surface area contributed by atoms with E-state index in [-0.39, 0.29) is 12.3 Å². The van der Waals surface area contributed by atoms with Gasteiger partial charge in [-0.2, -0.15) is 0 Å². The van der Waals surface area contributed by atoms with Gasteiger partial charge in [0, 0.05) is 32.6 Å². The lowest BCUT2D eigenvalue weighted by atomic mass is 10.0. The highest BCUT2D eigenvalue weighted by Crippen LogP contribution is 2.17. The van der Waals surface area contributed by atoms with Gasteiger partial charge in [-0.1, -0.05) is 0 Å². The van der Waals surface area contributed by atoms with E-state index in [1.54, 1.807) is 0 Å². The minimum absolute atomic E-state index is 0.0622. The molecule has 1 heterocycles. The van der Waals surface area contributed by atoms with Crippen LogP contribution in [0.15, 0.2) is 0 Å². The highest BCUT2D eigenvalue weighted by Gasteiger charge is 2.16. The number of hydrogen-bond donors (Lipinski definition) is 2. The van der Waals surface area contributed by atoms with Gasteiger partial charge in [-0.15, -0.1) is 0 Å². The van der Waals surface area contributed by atoms with Crippen LogP contribution < -0.4 is 5.32 Å². The van der Waals surface area contributed by atoms with Crippen molar-refractivity contribution in [1.82, 2.24) is 5.32 Å². The highest BCUT2D eigenvalue weighted by molar-refractivity contribution is 5.75. The minimum Gasteiger partial charge on any atom is -0.481 e. The summed E-state index contributed by atoms with van der Waals surface area (Å²) in [6.45, 7) is 2.18. The predicted octanol–water partition coefficient (Wildman–Crippen LogP) is 1.17. The first kappa shape index (κ1) is 14.0. The van der Waals surface area contributed by atoms with Crippen molar-refractivity contribution in [2.45, 2.75) is 38.5 Å². The summed E-state index contributed by atoms with van der Waals surface area (Å²) in [6, 6.07) is 0. The summed E-state index contributed by atoms with van der Waals surface area (Å²) in [5, 5.41) is 11.2. The minimum atomic E-state index is -0.780. The first-order valence-corrected chi connectivity index (χ1v) is 6.24. The Bertz CT molecular complexity index is 249.